The summed E-state index contributed by atoms with van der Waals surface area (Å²) < 4.78 is 12.6. The number of benzene rings is 1. The molecule has 0 bridgehead atoms. The van der Waals surface area contributed by atoms with E-state index in [1.807, 2.05) is 0 Å². The van der Waals surface area contributed by atoms with Gasteiger partial charge in [-0.05, 0) is 17.7 Å². The minimum Gasteiger partial charge on any atom is -0.383 e. The molecule has 1 heterocycles. The van der Waals surface area contributed by atoms with Crippen LogP contribution in [0.15, 0.2) is 29.1 Å². The molecule has 2 rings (SSSR count). The molecular weight excluding hydrogens is 185 g/mol. The van der Waals surface area contributed by atoms with Crippen LogP contribution in [0.1, 0.15) is 0 Å². The Kier molecular flexibility index (Phi) is 1.85. The number of nitrogen functional groups attached to an aromatic ring is 1. The van der Waals surface area contributed by atoms with Crippen molar-refractivity contribution in [2.45, 2.75) is 0 Å². The average molecular weight is 193 g/mol. The molecule has 5 heteroatoms. The van der Waals surface area contributed by atoms with Gasteiger partial charge in [-0.1, -0.05) is 12.1 Å². The summed E-state index contributed by atoms with van der Waals surface area (Å²) in [6.07, 6.45) is 0. The molecule has 0 saturated carbocycles. The summed E-state index contributed by atoms with van der Waals surface area (Å²) in [6.45, 7) is 0. The maximum atomic E-state index is 12.6. The van der Waals surface area contributed by atoms with Crippen LogP contribution in [0.3, 0.4) is 0 Å². The minimum absolute atomic E-state index is 0.251. The van der Waals surface area contributed by atoms with E-state index in [4.69, 9.17) is 5.73 Å². The number of hydrogen-bond acceptors (Lipinski definition) is 2. The van der Waals surface area contributed by atoms with E-state index in [0.717, 1.165) is 0 Å². The lowest BCUT2D eigenvalue weighted by molar-refractivity contribution is 0.628. The summed E-state index contributed by atoms with van der Waals surface area (Å²) in [7, 11) is 0. The van der Waals surface area contributed by atoms with Crippen LogP contribution in [-0.4, -0.2) is 10.2 Å². The Labute approximate surface area is 78.6 Å². The Morgan fingerprint density at radius 2 is 1.79 bits per heavy atom. The largest absolute Gasteiger partial charge is 0.383 e. The zero-order valence-electron chi connectivity index (χ0n) is 7.17. The number of nitrogens with one attached hydrogen (secondary N) is 2. The van der Waals surface area contributed by atoms with Crippen molar-refractivity contribution in [2.75, 3.05) is 5.73 Å². The van der Waals surface area contributed by atoms with Crippen molar-refractivity contribution in [1.29, 1.82) is 0 Å². The quantitative estimate of drug-likeness (QED) is 0.634. The van der Waals surface area contributed by atoms with Crippen LogP contribution in [0.5, 0.6) is 0 Å². The van der Waals surface area contributed by atoms with E-state index in [1.54, 1.807) is 0 Å². The van der Waals surface area contributed by atoms with Crippen LogP contribution < -0.4 is 11.3 Å². The highest BCUT2D eigenvalue weighted by Gasteiger charge is 2.08. The van der Waals surface area contributed by atoms with E-state index >= 15 is 0 Å². The van der Waals surface area contributed by atoms with Crippen molar-refractivity contribution >= 4 is 5.82 Å². The molecule has 0 saturated heterocycles. The van der Waals surface area contributed by atoms with Gasteiger partial charge in [-0.3, -0.25) is 15.0 Å². The molecule has 0 amide bonds. The molecule has 1 aromatic carbocycles. The van der Waals surface area contributed by atoms with Gasteiger partial charge in [0.05, 0.1) is 5.56 Å². The molecule has 0 atom stereocenters. The number of rotatable bonds is 1. The predicted molar refractivity (Wildman–Crippen MR) is 51.2 cm³/mol. The van der Waals surface area contributed by atoms with Crippen molar-refractivity contribution in [1.82, 2.24) is 10.2 Å². The van der Waals surface area contributed by atoms with Gasteiger partial charge in [0.15, 0.2) is 0 Å². The minimum atomic E-state index is -0.348. The number of anilines is 1. The van der Waals surface area contributed by atoms with Crippen LogP contribution in [0.2, 0.25) is 0 Å². The molecule has 14 heavy (non-hydrogen) atoms. The smallest absolute Gasteiger partial charge is 0.273 e. The highest BCUT2D eigenvalue weighted by atomic mass is 19.1. The third kappa shape index (κ3) is 1.28. The van der Waals surface area contributed by atoms with Crippen molar-refractivity contribution in [3.8, 4) is 11.1 Å². The van der Waals surface area contributed by atoms with E-state index in [9.17, 15) is 9.18 Å². The third-order valence-electron chi connectivity index (χ3n) is 1.94. The molecule has 0 radical (unpaired) electrons. The molecule has 0 fully saturated rings. The second kappa shape index (κ2) is 3.02. The summed E-state index contributed by atoms with van der Waals surface area (Å²) in [4.78, 5) is 11.3. The van der Waals surface area contributed by atoms with Crippen molar-refractivity contribution < 1.29 is 4.39 Å². The molecule has 4 nitrogen and oxygen atoms in total. The monoisotopic (exact) mass is 193 g/mol. The fraction of sp³-hybridized carbons (Fsp3) is 0. The SMILES string of the molecule is Nc1[nH][nH]c(=O)c1-c1ccc(F)cc1. The topological polar surface area (TPSA) is 74.7 Å². The molecular formula is C9H8FN3O. The van der Waals surface area contributed by atoms with Gasteiger partial charge >= 0.3 is 0 Å². The van der Waals surface area contributed by atoms with Gasteiger partial charge in [0.2, 0.25) is 0 Å². The first-order valence-electron chi connectivity index (χ1n) is 4.00. The van der Waals surface area contributed by atoms with E-state index in [1.165, 1.54) is 24.3 Å². The number of aromatic nitrogens is 2. The number of H-pyrrole nitrogens is 2. The molecule has 0 aliphatic rings. The van der Waals surface area contributed by atoms with Gasteiger partial charge < -0.3 is 5.73 Å². The second-order valence-electron chi connectivity index (χ2n) is 2.87. The van der Waals surface area contributed by atoms with Crippen LogP contribution in [-0.2, 0) is 0 Å². The van der Waals surface area contributed by atoms with Gasteiger partial charge in [0.1, 0.15) is 11.6 Å². The first-order valence-corrected chi connectivity index (χ1v) is 4.00. The third-order valence-corrected chi connectivity index (χ3v) is 1.94. The van der Waals surface area contributed by atoms with E-state index in [-0.39, 0.29) is 17.2 Å². The maximum Gasteiger partial charge on any atom is 0.273 e. The van der Waals surface area contributed by atoms with Crippen molar-refractivity contribution in [3.05, 3.63) is 40.4 Å². The van der Waals surface area contributed by atoms with Crippen LogP contribution >= 0.6 is 0 Å². The summed E-state index contributed by atoms with van der Waals surface area (Å²) in [6, 6.07) is 5.57. The Hall–Kier alpha value is -2.04. The Bertz CT molecular complexity index is 498. The van der Waals surface area contributed by atoms with Crippen molar-refractivity contribution in [3.63, 3.8) is 0 Å². The number of hydrogen-bond donors (Lipinski definition) is 3. The van der Waals surface area contributed by atoms with E-state index < -0.39 is 0 Å². The van der Waals surface area contributed by atoms with Gasteiger partial charge in [0, 0.05) is 0 Å². The molecule has 0 unspecified atom stereocenters. The molecule has 0 aliphatic heterocycles. The zero-order chi connectivity index (χ0) is 10.1. The molecule has 2 aromatic rings. The Morgan fingerprint density at radius 1 is 1.14 bits per heavy atom. The Balaban J connectivity index is 2.60. The van der Waals surface area contributed by atoms with E-state index in [2.05, 4.69) is 10.2 Å². The van der Waals surface area contributed by atoms with Gasteiger partial charge in [-0.25, -0.2) is 4.39 Å². The summed E-state index contributed by atoms with van der Waals surface area (Å²) in [5.41, 5.74) is 6.15. The lowest BCUT2D eigenvalue weighted by atomic mass is 10.1. The first kappa shape index (κ1) is 8.55. The van der Waals surface area contributed by atoms with Gasteiger partial charge in [-0.2, -0.15) is 0 Å². The molecule has 4 N–H and O–H groups in total. The number of nitrogens with two attached hydrogens (primary N) is 1. The van der Waals surface area contributed by atoms with Crippen LogP contribution in [0.4, 0.5) is 10.2 Å². The average Bonchev–Trinajstić information content (AvgIpc) is 2.49. The summed E-state index contributed by atoms with van der Waals surface area (Å²) in [5.74, 6) is -0.0964. The molecule has 1 aromatic heterocycles. The Morgan fingerprint density at radius 3 is 2.29 bits per heavy atom. The number of aromatic amines is 2. The first-order chi connectivity index (χ1) is 6.68. The fourth-order valence-corrected chi connectivity index (χ4v) is 1.27. The van der Waals surface area contributed by atoms with Crippen LogP contribution in [0.25, 0.3) is 11.1 Å². The molecule has 72 valence electrons. The van der Waals surface area contributed by atoms with E-state index in [0.29, 0.717) is 11.1 Å². The number of halogens is 1. The fourth-order valence-electron chi connectivity index (χ4n) is 1.27. The van der Waals surface area contributed by atoms with Crippen LogP contribution in [0, 0.1) is 5.82 Å². The normalized spacial score (nSPS) is 10.4. The highest BCUT2D eigenvalue weighted by molar-refractivity contribution is 5.72. The second-order valence-corrected chi connectivity index (χ2v) is 2.87. The zero-order valence-corrected chi connectivity index (χ0v) is 7.17. The van der Waals surface area contributed by atoms with Gasteiger partial charge in [-0.15, -0.1) is 0 Å². The predicted octanol–water partition coefficient (Wildman–Crippen LogP) is 1.09. The standard InChI is InChI=1S/C9H8FN3O/c10-6-3-1-5(2-4-6)7-8(11)12-13-9(7)14/h1-4H,(H4,11,12,13,14). The highest BCUT2D eigenvalue weighted by Crippen LogP contribution is 2.19. The lowest BCUT2D eigenvalue weighted by Crippen LogP contribution is -2.02. The maximum absolute atomic E-state index is 12.6. The molecule has 0 spiro atoms. The lowest BCUT2D eigenvalue weighted by Gasteiger charge is -1.96. The van der Waals surface area contributed by atoms with Gasteiger partial charge in [0.25, 0.3) is 5.56 Å². The molecule has 0 aliphatic carbocycles. The summed E-state index contributed by atoms with van der Waals surface area (Å²) >= 11 is 0. The summed E-state index contributed by atoms with van der Waals surface area (Å²) in [5, 5.41) is 4.85. The van der Waals surface area contributed by atoms with Crippen molar-refractivity contribution in [2.24, 2.45) is 0 Å².